The number of benzene rings is 2. The lowest BCUT2D eigenvalue weighted by Gasteiger charge is -2.27. The van der Waals surface area contributed by atoms with E-state index in [1.165, 1.54) is 6.92 Å². The average Bonchev–Trinajstić information content (AvgIpc) is 3.06. The van der Waals surface area contributed by atoms with Gasteiger partial charge in [-0.15, -0.1) is 5.10 Å². The predicted molar refractivity (Wildman–Crippen MR) is 95.6 cm³/mol. The first-order valence-electron chi connectivity index (χ1n) is 7.82. The van der Waals surface area contributed by atoms with Gasteiger partial charge in [0.25, 0.3) is 0 Å². The van der Waals surface area contributed by atoms with Crippen LogP contribution in [0.3, 0.4) is 0 Å². The number of rotatable bonds is 4. The normalized spacial score (nSPS) is 12.0. The van der Waals surface area contributed by atoms with Gasteiger partial charge in [-0.25, -0.2) is 0 Å². The fourth-order valence-electron chi connectivity index (χ4n) is 2.74. The minimum Gasteiger partial charge on any atom is -0.331 e. The molecule has 1 atom stereocenters. The number of amides is 1. The summed E-state index contributed by atoms with van der Waals surface area (Å²) in [4.78, 5) is 13.7. The Morgan fingerprint density at radius 2 is 1.84 bits per heavy atom. The summed E-state index contributed by atoms with van der Waals surface area (Å²) >= 11 is 6.40. The number of hydrogen-bond acceptors (Lipinski definition) is 4. The van der Waals surface area contributed by atoms with Gasteiger partial charge in [0.1, 0.15) is 6.04 Å². The van der Waals surface area contributed by atoms with E-state index in [0.29, 0.717) is 10.8 Å². The summed E-state index contributed by atoms with van der Waals surface area (Å²) in [6.45, 7) is 3.49. The Balaban J connectivity index is 2.20. The van der Waals surface area contributed by atoms with Crippen molar-refractivity contribution >= 4 is 17.5 Å². The van der Waals surface area contributed by atoms with Crippen LogP contribution >= 0.6 is 11.6 Å². The van der Waals surface area contributed by atoms with Crippen LogP contribution in [0.2, 0.25) is 5.02 Å². The van der Waals surface area contributed by atoms with Crippen LogP contribution in [-0.4, -0.2) is 38.1 Å². The molecule has 25 heavy (non-hydrogen) atoms. The molecule has 0 spiro atoms. The molecule has 6 nitrogen and oxygen atoms in total. The summed E-state index contributed by atoms with van der Waals surface area (Å²) in [5.74, 6) is 0.421. The number of carbonyl (C=O) groups excluding carboxylic acids is 1. The highest BCUT2D eigenvalue weighted by Crippen LogP contribution is 2.32. The monoisotopic (exact) mass is 355 g/mol. The van der Waals surface area contributed by atoms with Crippen molar-refractivity contribution in [2.45, 2.75) is 19.9 Å². The van der Waals surface area contributed by atoms with Gasteiger partial charge in [0, 0.05) is 24.6 Å². The SMILES string of the molecule is CC(=O)N(C)C(c1ccccc1Cl)c1nnnn1-c1ccccc1C. The van der Waals surface area contributed by atoms with Gasteiger partial charge in [-0.2, -0.15) is 4.68 Å². The molecule has 0 aliphatic carbocycles. The average molecular weight is 356 g/mol. The van der Waals surface area contributed by atoms with Gasteiger partial charge in [0.2, 0.25) is 5.91 Å². The van der Waals surface area contributed by atoms with Crippen molar-refractivity contribution in [3.63, 3.8) is 0 Å². The zero-order chi connectivity index (χ0) is 18.0. The number of para-hydroxylation sites is 1. The molecule has 0 bridgehead atoms. The molecule has 1 unspecified atom stereocenters. The Kier molecular flexibility index (Phi) is 4.81. The van der Waals surface area contributed by atoms with Crippen LogP contribution in [0.5, 0.6) is 0 Å². The second kappa shape index (κ2) is 7.03. The largest absolute Gasteiger partial charge is 0.331 e. The van der Waals surface area contributed by atoms with Crippen LogP contribution in [0.1, 0.15) is 29.9 Å². The molecule has 0 saturated heterocycles. The van der Waals surface area contributed by atoms with E-state index in [0.717, 1.165) is 16.8 Å². The van der Waals surface area contributed by atoms with Gasteiger partial charge in [0.15, 0.2) is 5.82 Å². The molecule has 1 amide bonds. The van der Waals surface area contributed by atoms with E-state index in [-0.39, 0.29) is 5.91 Å². The highest BCUT2D eigenvalue weighted by Gasteiger charge is 2.29. The maximum atomic E-state index is 12.1. The summed E-state index contributed by atoms with van der Waals surface area (Å²) in [5.41, 5.74) is 2.66. The highest BCUT2D eigenvalue weighted by atomic mass is 35.5. The second-order valence-corrected chi connectivity index (χ2v) is 6.20. The van der Waals surface area contributed by atoms with Crippen LogP contribution < -0.4 is 0 Å². The van der Waals surface area contributed by atoms with Crippen molar-refractivity contribution in [1.82, 2.24) is 25.1 Å². The van der Waals surface area contributed by atoms with E-state index in [9.17, 15) is 4.79 Å². The van der Waals surface area contributed by atoms with Gasteiger partial charge in [-0.1, -0.05) is 48.0 Å². The van der Waals surface area contributed by atoms with Crippen molar-refractivity contribution in [3.05, 3.63) is 70.5 Å². The Labute approximate surface area is 151 Å². The van der Waals surface area contributed by atoms with E-state index in [4.69, 9.17) is 11.6 Å². The van der Waals surface area contributed by atoms with Crippen molar-refractivity contribution in [2.75, 3.05) is 7.05 Å². The number of hydrogen-bond donors (Lipinski definition) is 0. The summed E-state index contributed by atoms with van der Waals surface area (Å²) < 4.78 is 1.66. The van der Waals surface area contributed by atoms with Crippen LogP contribution in [0.4, 0.5) is 0 Å². The maximum Gasteiger partial charge on any atom is 0.220 e. The van der Waals surface area contributed by atoms with Crippen molar-refractivity contribution in [1.29, 1.82) is 0 Å². The Hall–Kier alpha value is -2.73. The first kappa shape index (κ1) is 17.1. The summed E-state index contributed by atoms with van der Waals surface area (Å²) in [7, 11) is 1.72. The smallest absolute Gasteiger partial charge is 0.220 e. The summed E-state index contributed by atoms with van der Waals surface area (Å²) in [5, 5.41) is 12.7. The first-order chi connectivity index (χ1) is 12.0. The van der Waals surface area contributed by atoms with Gasteiger partial charge in [-0.3, -0.25) is 4.79 Å². The van der Waals surface area contributed by atoms with E-state index in [2.05, 4.69) is 15.5 Å². The number of nitrogens with zero attached hydrogens (tertiary/aromatic N) is 5. The number of aryl methyl sites for hydroxylation is 1. The molecule has 0 aliphatic heterocycles. The van der Waals surface area contributed by atoms with E-state index in [1.54, 1.807) is 22.7 Å². The van der Waals surface area contributed by atoms with Crippen LogP contribution in [0.25, 0.3) is 5.69 Å². The molecule has 0 fully saturated rings. The molecule has 0 saturated carbocycles. The number of halogens is 1. The lowest BCUT2D eigenvalue weighted by atomic mass is 10.0. The Morgan fingerprint density at radius 3 is 2.52 bits per heavy atom. The molecule has 128 valence electrons. The first-order valence-corrected chi connectivity index (χ1v) is 8.20. The van der Waals surface area contributed by atoms with Gasteiger partial charge >= 0.3 is 0 Å². The predicted octanol–water partition coefficient (Wildman–Crippen LogP) is 3.19. The van der Waals surface area contributed by atoms with Crippen LogP contribution in [0.15, 0.2) is 48.5 Å². The molecule has 1 aromatic heterocycles. The van der Waals surface area contributed by atoms with Gasteiger partial charge < -0.3 is 4.90 Å². The topological polar surface area (TPSA) is 63.9 Å². The van der Waals surface area contributed by atoms with Gasteiger partial charge in [0.05, 0.1) is 5.69 Å². The number of aromatic nitrogens is 4. The molecule has 0 aliphatic rings. The van der Waals surface area contributed by atoms with E-state index >= 15 is 0 Å². The molecular weight excluding hydrogens is 338 g/mol. The molecule has 7 heteroatoms. The maximum absolute atomic E-state index is 12.1. The summed E-state index contributed by atoms with van der Waals surface area (Å²) in [6.07, 6.45) is 0. The molecule has 2 aromatic carbocycles. The third kappa shape index (κ3) is 3.25. The highest BCUT2D eigenvalue weighted by molar-refractivity contribution is 6.31. The third-order valence-electron chi connectivity index (χ3n) is 4.17. The van der Waals surface area contributed by atoms with Crippen LogP contribution in [-0.2, 0) is 4.79 Å². The molecule has 3 rings (SSSR count). The zero-order valence-electron chi connectivity index (χ0n) is 14.2. The number of carbonyl (C=O) groups is 1. The molecule has 3 aromatic rings. The van der Waals surface area contributed by atoms with Crippen molar-refractivity contribution in [2.24, 2.45) is 0 Å². The fourth-order valence-corrected chi connectivity index (χ4v) is 2.98. The van der Waals surface area contributed by atoms with Crippen molar-refractivity contribution < 1.29 is 4.79 Å². The lowest BCUT2D eigenvalue weighted by Crippen LogP contribution is -2.32. The van der Waals surface area contributed by atoms with E-state index in [1.807, 2.05) is 49.4 Å². The molecule has 1 heterocycles. The third-order valence-corrected chi connectivity index (χ3v) is 4.51. The minimum atomic E-state index is -0.499. The van der Waals surface area contributed by atoms with Gasteiger partial charge in [-0.05, 0) is 35.0 Å². The standard InChI is InChI=1S/C18H18ClN5O/c1-12-8-4-7-11-16(12)24-18(20-21-22-24)17(23(3)13(2)25)14-9-5-6-10-15(14)19/h4-11,17H,1-3H3. The quantitative estimate of drug-likeness (QED) is 0.721. The Bertz CT molecular complexity index is 908. The lowest BCUT2D eigenvalue weighted by molar-refractivity contribution is -0.129. The van der Waals surface area contributed by atoms with E-state index < -0.39 is 6.04 Å². The second-order valence-electron chi connectivity index (χ2n) is 5.79. The molecule has 0 N–H and O–H groups in total. The minimum absolute atomic E-state index is 0.107. The number of tetrazole rings is 1. The molecular formula is C18H18ClN5O. The summed E-state index contributed by atoms with van der Waals surface area (Å²) in [6, 6.07) is 14.7. The zero-order valence-corrected chi connectivity index (χ0v) is 15.0. The fraction of sp³-hybridized carbons (Fsp3) is 0.222. The van der Waals surface area contributed by atoms with Crippen molar-refractivity contribution in [3.8, 4) is 5.69 Å². The Morgan fingerprint density at radius 1 is 1.16 bits per heavy atom. The van der Waals surface area contributed by atoms with Crippen LogP contribution in [0, 0.1) is 6.92 Å². The molecule has 0 radical (unpaired) electrons.